The molecule has 18 heavy (non-hydrogen) atoms. The predicted octanol–water partition coefficient (Wildman–Crippen LogP) is 2.07. The number of hydrogen-bond acceptors (Lipinski definition) is 7. The van der Waals surface area contributed by atoms with Crippen molar-refractivity contribution in [1.82, 2.24) is 10.1 Å². The summed E-state index contributed by atoms with van der Waals surface area (Å²) in [6.45, 7) is 0.473. The van der Waals surface area contributed by atoms with E-state index in [9.17, 15) is 0 Å². The number of rotatable bonds is 4. The molecule has 1 fully saturated rings. The van der Waals surface area contributed by atoms with Crippen LogP contribution in [0.4, 0.5) is 10.7 Å². The van der Waals surface area contributed by atoms with E-state index < -0.39 is 0 Å². The van der Waals surface area contributed by atoms with Gasteiger partial charge in [-0.2, -0.15) is 10.2 Å². The first-order valence-electron chi connectivity index (χ1n) is 5.61. The highest BCUT2D eigenvalue weighted by Gasteiger charge is 2.31. The molecule has 0 atom stereocenters. The van der Waals surface area contributed by atoms with Crippen LogP contribution in [0.2, 0.25) is 0 Å². The number of nitrogen functional groups attached to an aromatic ring is 1. The Kier molecular flexibility index (Phi) is 2.64. The van der Waals surface area contributed by atoms with Gasteiger partial charge in [0.25, 0.3) is 0 Å². The van der Waals surface area contributed by atoms with Crippen molar-refractivity contribution in [2.75, 3.05) is 11.1 Å². The molecule has 0 unspecified atom stereocenters. The van der Waals surface area contributed by atoms with Crippen molar-refractivity contribution in [2.45, 2.75) is 25.3 Å². The van der Waals surface area contributed by atoms with Crippen molar-refractivity contribution in [3.63, 3.8) is 0 Å². The van der Waals surface area contributed by atoms with Crippen LogP contribution in [0.15, 0.2) is 10.9 Å². The molecule has 3 rings (SSSR count). The molecule has 6 nitrogen and oxygen atoms in total. The van der Waals surface area contributed by atoms with Crippen LogP contribution in [0.1, 0.15) is 35.0 Å². The van der Waals surface area contributed by atoms with Gasteiger partial charge >= 0.3 is 0 Å². The molecule has 0 amide bonds. The molecular formula is C11H11N5OS. The highest BCUT2D eigenvalue weighted by atomic mass is 32.1. The van der Waals surface area contributed by atoms with Crippen molar-refractivity contribution in [3.05, 3.63) is 22.7 Å². The summed E-state index contributed by atoms with van der Waals surface area (Å²) in [6, 6.07) is 2.14. The van der Waals surface area contributed by atoms with Gasteiger partial charge in [-0.05, 0) is 18.8 Å². The summed E-state index contributed by atoms with van der Waals surface area (Å²) < 4.78 is 4.67. The van der Waals surface area contributed by atoms with Crippen LogP contribution in [-0.2, 0) is 6.54 Å². The Bertz CT molecular complexity index is 594. The minimum atomic E-state index is 0.473. The van der Waals surface area contributed by atoms with Crippen LogP contribution in [0.25, 0.3) is 0 Å². The van der Waals surface area contributed by atoms with Gasteiger partial charge in [0.15, 0.2) is 5.82 Å². The summed E-state index contributed by atoms with van der Waals surface area (Å²) in [5, 5.41) is 16.9. The molecule has 2 aromatic rings. The lowest BCUT2D eigenvalue weighted by Crippen LogP contribution is -2.02. The summed E-state index contributed by atoms with van der Waals surface area (Å²) >= 11 is 1.39. The lowest BCUT2D eigenvalue weighted by atomic mass is 10.1. The van der Waals surface area contributed by atoms with E-state index in [0.717, 1.165) is 23.4 Å². The van der Waals surface area contributed by atoms with Crippen LogP contribution in [0, 0.1) is 11.3 Å². The van der Waals surface area contributed by atoms with Gasteiger partial charge < -0.3 is 15.6 Å². The average molecular weight is 261 g/mol. The van der Waals surface area contributed by atoms with Gasteiger partial charge in [-0.25, -0.2) is 0 Å². The molecule has 0 aliphatic heterocycles. The second-order valence-corrected chi connectivity index (χ2v) is 5.20. The smallest absolute Gasteiger partial charge is 0.213 e. The van der Waals surface area contributed by atoms with Gasteiger partial charge in [-0.3, -0.25) is 0 Å². The van der Waals surface area contributed by atoms with Crippen molar-refractivity contribution in [1.29, 1.82) is 5.26 Å². The maximum atomic E-state index is 9.02. The maximum absolute atomic E-state index is 9.02. The second-order valence-electron chi connectivity index (χ2n) is 4.17. The molecule has 0 spiro atoms. The molecule has 2 aromatic heterocycles. The third kappa shape index (κ3) is 1.91. The molecule has 3 N–H and O–H groups in total. The van der Waals surface area contributed by atoms with Gasteiger partial charge in [-0.1, -0.05) is 5.16 Å². The van der Waals surface area contributed by atoms with Gasteiger partial charge in [0.1, 0.15) is 10.9 Å². The molecule has 2 heterocycles. The van der Waals surface area contributed by atoms with E-state index in [1.165, 1.54) is 17.7 Å². The Hall–Kier alpha value is -2.07. The van der Waals surface area contributed by atoms with E-state index in [2.05, 4.69) is 26.0 Å². The molecule has 92 valence electrons. The van der Waals surface area contributed by atoms with Gasteiger partial charge in [0.05, 0.1) is 17.2 Å². The first kappa shape index (κ1) is 11.0. The first-order valence-corrected chi connectivity index (χ1v) is 6.42. The summed E-state index contributed by atoms with van der Waals surface area (Å²) in [5.41, 5.74) is 7.71. The number of nitrogens with one attached hydrogen (secondary N) is 1. The number of aromatic nitrogens is 2. The van der Waals surface area contributed by atoms with E-state index >= 15 is 0 Å². The van der Waals surface area contributed by atoms with E-state index in [-0.39, 0.29) is 0 Å². The third-order valence-electron chi connectivity index (χ3n) is 2.88. The van der Waals surface area contributed by atoms with Crippen LogP contribution >= 0.6 is 11.3 Å². The molecule has 0 saturated heterocycles. The third-order valence-corrected chi connectivity index (χ3v) is 3.97. The number of nitrogens with zero attached hydrogens (tertiary/aromatic N) is 3. The summed E-state index contributed by atoms with van der Waals surface area (Å²) in [4.78, 5) is 4.52. The number of nitriles is 1. The van der Waals surface area contributed by atoms with E-state index in [1.54, 1.807) is 0 Å². The standard InChI is InChI=1S/C11H11N5OS/c12-3-7-10(13)9(6-1-2-6)11(18-7)14-4-8-15-5-17-16-8/h5-6,14H,1-2,4,13H2. The molecule has 0 aromatic carbocycles. The largest absolute Gasteiger partial charge is 0.397 e. The first-order chi connectivity index (χ1) is 8.79. The summed E-state index contributed by atoms with van der Waals surface area (Å²) in [7, 11) is 0. The minimum absolute atomic E-state index is 0.473. The van der Waals surface area contributed by atoms with Crippen molar-refractivity contribution in [3.8, 4) is 6.07 Å². The van der Waals surface area contributed by atoms with Crippen molar-refractivity contribution >= 4 is 22.0 Å². The maximum Gasteiger partial charge on any atom is 0.213 e. The second kappa shape index (κ2) is 4.31. The van der Waals surface area contributed by atoms with E-state index in [4.69, 9.17) is 11.0 Å². The monoisotopic (exact) mass is 261 g/mol. The van der Waals surface area contributed by atoms with Crippen LogP contribution in [0.5, 0.6) is 0 Å². The van der Waals surface area contributed by atoms with E-state index in [1.807, 2.05) is 0 Å². The SMILES string of the molecule is N#Cc1sc(NCc2ncon2)c(C2CC2)c1N. The van der Waals surface area contributed by atoms with Gasteiger partial charge in [0.2, 0.25) is 6.39 Å². The number of hydrogen-bond donors (Lipinski definition) is 2. The fourth-order valence-electron chi connectivity index (χ4n) is 1.88. The Morgan fingerprint density at radius 3 is 3.06 bits per heavy atom. The Morgan fingerprint density at radius 1 is 1.61 bits per heavy atom. The highest BCUT2D eigenvalue weighted by Crippen LogP contribution is 2.50. The Morgan fingerprint density at radius 2 is 2.44 bits per heavy atom. The number of thiophene rings is 1. The van der Waals surface area contributed by atoms with Crippen LogP contribution in [-0.4, -0.2) is 10.1 Å². The predicted molar refractivity (Wildman–Crippen MR) is 67.0 cm³/mol. The van der Waals surface area contributed by atoms with Gasteiger partial charge in [-0.15, -0.1) is 11.3 Å². The normalized spacial score (nSPS) is 14.4. The molecule has 7 heteroatoms. The summed E-state index contributed by atoms with van der Waals surface area (Å²) in [5.74, 6) is 1.08. The lowest BCUT2D eigenvalue weighted by Gasteiger charge is -2.04. The Balaban J connectivity index is 1.84. The zero-order valence-electron chi connectivity index (χ0n) is 9.51. The molecular weight excluding hydrogens is 250 g/mol. The topological polar surface area (TPSA) is 101 Å². The molecule has 1 aliphatic rings. The number of nitrogens with two attached hydrogens (primary N) is 1. The fourth-order valence-corrected chi connectivity index (χ4v) is 2.88. The highest BCUT2D eigenvalue weighted by molar-refractivity contribution is 7.17. The molecule has 1 saturated carbocycles. The Labute approximate surface area is 107 Å². The zero-order chi connectivity index (χ0) is 12.5. The fraction of sp³-hybridized carbons (Fsp3) is 0.364. The van der Waals surface area contributed by atoms with Crippen LogP contribution < -0.4 is 11.1 Å². The average Bonchev–Trinajstić information content (AvgIpc) is 2.97. The summed E-state index contributed by atoms with van der Waals surface area (Å²) in [6.07, 6.45) is 3.58. The molecule has 0 radical (unpaired) electrons. The van der Waals surface area contributed by atoms with Crippen molar-refractivity contribution in [2.24, 2.45) is 0 Å². The lowest BCUT2D eigenvalue weighted by molar-refractivity contribution is 0.411. The zero-order valence-corrected chi connectivity index (χ0v) is 10.3. The van der Waals surface area contributed by atoms with Crippen molar-refractivity contribution < 1.29 is 4.52 Å². The quantitative estimate of drug-likeness (QED) is 0.873. The molecule has 0 bridgehead atoms. The molecule has 1 aliphatic carbocycles. The van der Waals surface area contributed by atoms with Crippen LogP contribution in [0.3, 0.4) is 0 Å². The van der Waals surface area contributed by atoms with E-state index in [0.29, 0.717) is 28.9 Å². The minimum Gasteiger partial charge on any atom is -0.397 e. The van der Waals surface area contributed by atoms with Gasteiger partial charge in [0, 0.05) is 5.56 Å². The number of anilines is 2.